The zero-order chi connectivity index (χ0) is 19.9. The van der Waals surface area contributed by atoms with Gasteiger partial charge in [-0.05, 0) is 60.0 Å². The average molecular weight is 373 g/mol. The van der Waals surface area contributed by atoms with Gasteiger partial charge < -0.3 is 16.8 Å². The Bertz CT molecular complexity index is 964. The molecule has 3 rings (SSSR count). The molecule has 1 aromatic heterocycles. The van der Waals surface area contributed by atoms with E-state index >= 15 is 0 Å². The van der Waals surface area contributed by atoms with Crippen LogP contribution in [-0.2, 0) is 6.42 Å². The Labute approximate surface area is 164 Å². The summed E-state index contributed by atoms with van der Waals surface area (Å²) in [4.78, 5) is 15.3. The molecule has 6 heteroatoms. The third-order valence-electron chi connectivity index (χ3n) is 4.16. The number of nitrogens with one attached hydrogen (secondary N) is 1. The van der Waals surface area contributed by atoms with Crippen molar-refractivity contribution in [3.8, 4) is 11.3 Å². The number of hydrogen-bond acceptors (Lipinski definition) is 6. The van der Waals surface area contributed by atoms with Crippen molar-refractivity contribution in [1.82, 2.24) is 4.98 Å². The first-order valence-corrected chi connectivity index (χ1v) is 8.98. The van der Waals surface area contributed by atoms with Gasteiger partial charge in [-0.3, -0.25) is 0 Å². The Morgan fingerprint density at radius 2 is 1.82 bits per heavy atom. The van der Waals surface area contributed by atoms with Crippen molar-refractivity contribution in [3.63, 3.8) is 0 Å². The molecule has 1 unspecified atom stereocenters. The van der Waals surface area contributed by atoms with Crippen LogP contribution in [0.3, 0.4) is 0 Å². The molecular weight excluding hydrogens is 350 g/mol. The zero-order valence-corrected chi connectivity index (χ0v) is 15.7. The fourth-order valence-electron chi connectivity index (χ4n) is 2.93. The van der Waals surface area contributed by atoms with Gasteiger partial charge in [0, 0.05) is 11.3 Å². The molecule has 0 saturated carbocycles. The van der Waals surface area contributed by atoms with Gasteiger partial charge in [0.05, 0.1) is 11.9 Å². The molecule has 0 radical (unpaired) electrons. The van der Waals surface area contributed by atoms with Gasteiger partial charge in [0.1, 0.15) is 11.5 Å². The minimum absolute atomic E-state index is 0.383. The largest absolute Gasteiger partial charge is 0.402 e. The number of nitrogens with two attached hydrogens (primary N) is 2. The first kappa shape index (κ1) is 19.3. The molecule has 0 aliphatic carbocycles. The number of nitrogens with zero attached hydrogens (tertiary/aromatic N) is 2. The molecule has 0 aliphatic rings. The van der Waals surface area contributed by atoms with Crippen LogP contribution < -0.4 is 16.8 Å². The molecule has 0 fully saturated rings. The third-order valence-corrected chi connectivity index (χ3v) is 4.16. The van der Waals surface area contributed by atoms with Crippen molar-refractivity contribution >= 4 is 11.5 Å². The summed E-state index contributed by atoms with van der Waals surface area (Å²) in [5.74, 6) is 0.658. The van der Waals surface area contributed by atoms with Crippen molar-refractivity contribution in [3.05, 3.63) is 94.5 Å². The van der Waals surface area contributed by atoms with Crippen molar-refractivity contribution in [2.75, 3.05) is 5.32 Å². The second-order valence-electron chi connectivity index (χ2n) is 6.63. The Morgan fingerprint density at radius 3 is 2.46 bits per heavy atom. The fourth-order valence-corrected chi connectivity index (χ4v) is 2.93. The zero-order valence-electron chi connectivity index (χ0n) is 15.7. The molecular formula is C22H23N5O. The van der Waals surface area contributed by atoms with E-state index in [1.54, 1.807) is 25.1 Å². The number of pyridine rings is 1. The summed E-state index contributed by atoms with van der Waals surface area (Å²) >= 11 is 0. The smallest absolute Gasteiger partial charge is 0.128 e. The maximum absolute atomic E-state index is 10.7. The molecule has 2 aromatic carbocycles. The number of rotatable bonds is 7. The van der Waals surface area contributed by atoms with Crippen LogP contribution in [-0.4, -0.2) is 11.1 Å². The van der Waals surface area contributed by atoms with E-state index < -0.39 is 6.17 Å². The second-order valence-corrected chi connectivity index (χ2v) is 6.63. The van der Waals surface area contributed by atoms with E-state index in [2.05, 4.69) is 27.6 Å². The van der Waals surface area contributed by atoms with Gasteiger partial charge in [0.15, 0.2) is 0 Å². The minimum atomic E-state index is -0.445. The van der Waals surface area contributed by atoms with Crippen LogP contribution in [0.15, 0.2) is 83.7 Å². The first-order valence-electron chi connectivity index (χ1n) is 8.98. The number of hydrogen-bond donors (Lipinski definition) is 3. The van der Waals surface area contributed by atoms with Gasteiger partial charge in [0.25, 0.3) is 0 Å². The number of nitroso groups, excluding NO2 is 1. The average Bonchev–Trinajstić information content (AvgIpc) is 2.68. The SMILES string of the molecule is C/C(N)=C/C(N)Nc1cc(Cc2ccccc2)cc(-c2ccc(N=O)cc2)n1. The van der Waals surface area contributed by atoms with Gasteiger partial charge in [-0.25, -0.2) is 4.98 Å². The van der Waals surface area contributed by atoms with Crippen molar-refractivity contribution in [1.29, 1.82) is 0 Å². The molecule has 6 nitrogen and oxygen atoms in total. The fraction of sp³-hybridized carbons (Fsp3) is 0.136. The van der Waals surface area contributed by atoms with Crippen LogP contribution in [0.5, 0.6) is 0 Å². The van der Waals surface area contributed by atoms with E-state index in [-0.39, 0.29) is 0 Å². The van der Waals surface area contributed by atoms with Crippen molar-refractivity contribution in [2.24, 2.45) is 16.6 Å². The predicted molar refractivity (Wildman–Crippen MR) is 114 cm³/mol. The van der Waals surface area contributed by atoms with Crippen molar-refractivity contribution in [2.45, 2.75) is 19.5 Å². The molecule has 0 saturated heterocycles. The van der Waals surface area contributed by atoms with Crippen molar-refractivity contribution < 1.29 is 0 Å². The molecule has 142 valence electrons. The van der Waals surface area contributed by atoms with Gasteiger partial charge in [-0.2, -0.15) is 0 Å². The quantitative estimate of drug-likeness (QED) is 0.423. The summed E-state index contributed by atoms with van der Waals surface area (Å²) in [5.41, 5.74) is 16.8. The summed E-state index contributed by atoms with van der Waals surface area (Å²) in [6, 6.07) is 21.2. The lowest BCUT2D eigenvalue weighted by atomic mass is 10.0. The lowest BCUT2D eigenvalue weighted by Gasteiger charge is -2.14. The number of allylic oxidation sites excluding steroid dienone is 1. The van der Waals surface area contributed by atoms with E-state index in [4.69, 9.17) is 11.5 Å². The van der Waals surface area contributed by atoms with E-state index in [1.807, 2.05) is 42.5 Å². The summed E-state index contributed by atoms with van der Waals surface area (Å²) in [5, 5.41) is 6.12. The van der Waals surface area contributed by atoms with Gasteiger partial charge in [0.2, 0.25) is 0 Å². The standard InChI is InChI=1S/C22H23N5O/c1-15(23)11-21(24)26-22-14-17(12-16-5-3-2-4-6-16)13-20(25-22)18-7-9-19(27-28)10-8-18/h2-11,13-14,21H,12,23-24H2,1H3,(H,25,26)/b15-11-. The Hall–Kier alpha value is -3.51. The summed E-state index contributed by atoms with van der Waals surface area (Å²) in [6.07, 6.45) is 2.05. The molecule has 0 amide bonds. The predicted octanol–water partition coefficient (Wildman–Crippen LogP) is 4.30. The van der Waals surface area contributed by atoms with Crippen LogP contribution in [0.2, 0.25) is 0 Å². The summed E-state index contributed by atoms with van der Waals surface area (Å²) < 4.78 is 0. The van der Waals surface area contributed by atoms with Crippen LogP contribution in [0.25, 0.3) is 11.3 Å². The maximum Gasteiger partial charge on any atom is 0.128 e. The van der Waals surface area contributed by atoms with Gasteiger partial charge >= 0.3 is 0 Å². The maximum atomic E-state index is 10.7. The normalized spacial score (nSPS) is 12.4. The molecule has 28 heavy (non-hydrogen) atoms. The monoisotopic (exact) mass is 373 g/mol. The molecule has 0 aliphatic heterocycles. The van der Waals surface area contributed by atoms with E-state index in [0.717, 1.165) is 23.2 Å². The highest BCUT2D eigenvalue weighted by Gasteiger charge is 2.08. The van der Waals surface area contributed by atoms with Crippen LogP contribution in [0, 0.1) is 4.91 Å². The number of benzene rings is 2. The molecule has 5 N–H and O–H groups in total. The Balaban J connectivity index is 1.97. The van der Waals surface area contributed by atoms with Gasteiger partial charge in [-0.15, -0.1) is 4.91 Å². The molecule has 0 spiro atoms. The molecule has 3 aromatic rings. The first-order chi connectivity index (χ1) is 13.5. The lowest BCUT2D eigenvalue weighted by molar-refractivity contribution is 0.914. The van der Waals surface area contributed by atoms with Crippen LogP contribution >= 0.6 is 0 Å². The highest BCUT2D eigenvalue weighted by molar-refractivity contribution is 5.65. The number of anilines is 1. The summed E-state index contributed by atoms with van der Waals surface area (Å²) in [7, 11) is 0. The molecule has 0 bridgehead atoms. The lowest BCUT2D eigenvalue weighted by Crippen LogP contribution is -2.28. The topological polar surface area (TPSA) is 106 Å². The highest BCUT2D eigenvalue weighted by Crippen LogP contribution is 2.25. The highest BCUT2D eigenvalue weighted by atomic mass is 16.3. The summed E-state index contributed by atoms with van der Waals surface area (Å²) in [6.45, 7) is 1.79. The Morgan fingerprint density at radius 1 is 1.11 bits per heavy atom. The second kappa shape index (κ2) is 8.92. The van der Waals surface area contributed by atoms with Gasteiger partial charge in [-0.1, -0.05) is 42.5 Å². The molecule has 1 heterocycles. The van der Waals surface area contributed by atoms with E-state index in [9.17, 15) is 4.91 Å². The number of aromatic nitrogens is 1. The molecule has 1 atom stereocenters. The van der Waals surface area contributed by atoms with Crippen LogP contribution in [0.4, 0.5) is 11.5 Å². The third kappa shape index (κ3) is 5.25. The van der Waals surface area contributed by atoms with Crippen LogP contribution in [0.1, 0.15) is 18.1 Å². The van der Waals surface area contributed by atoms with E-state index in [1.165, 1.54) is 5.56 Å². The van der Waals surface area contributed by atoms with E-state index in [0.29, 0.717) is 17.2 Å². The minimum Gasteiger partial charge on any atom is -0.402 e. The Kier molecular flexibility index (Phi) is 6.14.